The van der Waals surface area contributed by atoms with Gasteiger partial charge >= 0.3 is 0 Å². The summed E-state index contributed by atoms with van der Waals surface area (Å²) in [6.07, 6.45) is 5.71. The van der Waals surface area contributed by atoms with E-state index in [2.05, 4.69) is 22.0 Å². The number of hydrogen-bond donors (Lipinski definition) is 0. The highest BCUT2D eigenvalue weighted by Crippen LogP contribution is 2.24. The topological polar surface area (TPSA) is 18.5 Å². The third-order valence-electron chi connectivity index (χ3n) is 2.04. The lowest BCUT2D eigenvalue weighted by atomic mass is 10.1. The maximum atomic E-state index is 5.67. The van der Waals surface area contributed by atoms with Crippen LogP contribution in [0.3, 0.4) is 0 Å². The zero-order valence-electron chi connectivity index (χ0n) is 8.25. The van der Waals surface area contributed by atoms with E-state index >= 15 is 0 Å². The van der Waals surface area contributed by atoms with Crippen molar-refractivity contribution in [3.8, 4) is 0 Å². The average Bonchev–Trinajstić information content (AvgIpc) is 2.04. The fraction of sp³-hybridized carbons (Fsp3) is 0.800. The molecular formula is C10H17BrO2. The van der Waals surface area contributed by atoms with Crippen LogP contribution in [-0.4, -0.2) is 19.0 Å². The van der Waals surface area contributed by atoms with Crippen molar-refractivity contribution in [2.45, 2.75) is 45.5 Å². The standard InChI is InChI=1S/C10H17BrO2/c1-3-12-8(2)13-10-6-4-5-9(11)7-10/h7-8,10H,3-6H2,1-2H3. The molecule has 2 atom stereocenters. The molecule has 0 bridgehead atoms. The molecule has 0 amide bonds. The van der Waals surface area contributed by atoms with Crippen molar-refractivity contribution >= 4 is 15.9 Å². The van der Waals surface area contributed by atoms with Gasteiger partial charge in [0, 0.05) is 6.61 Å². The van der Waals surface area contributed by atoms with Crippen molar-refractivity contribution in [1.82, 2.24) is 0 Å². The van der Waals surface area contributed by atoms with Gasteiger partial charge in [-0.15, -0.1) is 0 Å². The summed E-state index contributed by atoms with van der Waals surface area (Å²) in [6.45, 7) is 4.63. The summed E-state index contributed by atoms with van der Waals surface area (Å²) in [6, 6.07) is 0. The van der Waals surface area contributed by atoms with Gasteiger partial charge in [-0.2, -0.15) is 0 Å². The fourth-order valence-electron chi connectivity index (χ4n) is 1.47. The molecule has 0 aromatic rings. The predicted molar refractivity (Wildman–Crippen MR) is 56.8 cm³/mol. The van der Waals surface area contributed by atoms with Gasteiger partial charge in [-0.3, -0.25) is 0 Å². The number of hydrogen-bond acceptors (Lipinski definition) is 2. The molecule has 0 spiro atoms. The predicted octanol–water partition coefficient (Wildman–Crippen LogP) is 3.22. The number of halogens is 1. The highest BCUT2D eigenvalue weighted by molar-refractivity contribution is 9.11. The SMILES string of the molecule is CCOC(C)OC1C=C(Br)CCC1. The van der Waals surface area contributed by atoms with E-state index in [1.54, 1.807) is 0 Å². The van der Waals surface area contributed by atoms with Crippen LogP contribution in [0.4, 0.5) is 0 Å². The van der Waals surface area contributed by atoms with Gasteiger partial charge in [0.05, 0.1) is 6.10 Å². The minimum Gasteiger partial charge on any atom is -0.353 e. The normalized spacial score (nSPS) is 25.5. The summed E-state index contributed by atoms with van der Waals surface area (Å²) in [5.41, 5.74) is 0. The molecule has 76 valence electrons. The van der Waals surface area contributed by atoms with E-state index in [9.17, 15) is 0 Å². The molecule has 0 aromatic heterocycles. The van der Waals surface area contributed by atoms with Gasteiger partial charge in [-0.1, -0.05) is 15.9 Å². The third kappa shape index (κ3) is 4.25. The minimum absolute atomic E-state index is 0.0929. The zero-order chi connectivity index (χ0) is 9.68. The molecule has 0 aromatic carbocycles. The second-order valence-electron chi connectivity index (χ2n) is 3.20. The quantitative estimate of drug-likeness (QED) is 0.712. The summed E-state index contributed by atoms with van der Waals surface area (Å²) in [4.78, 5) is 0. The first kappa shape index (κ1) is 11.2. The van der Waals surface area contributed by atoms with Crippen LogP contribution >= 0.6 is 15.9 Å². The number of ether oxygens (including phenoxy) is 2. The van der Waals surface area contributed by atoms with Crippen molar-refractivity contribution < 1.29 is 9.47 Å². The van der Waals surface area contributed by atoms with Gasteiger partial charge in [0.15, 0.2) is 6.29 Å². The highest BCUT2D eigenvalue weighted by Gasteiger charge is 2.15. The van der Waals surface area contributed by atoms with Crippen LogP contribution in [0.15, 0.2) is 10.6 Å². The van der Waals surface area contributed by atoms with Gasteiger partial charge in [0.2, 0.25) is 0 Å². The Morgan fingerprint density at radius 3 is 3.08 bits per heavy atom. The Morgan fingerprint density at radius 1 is 1.69 bits per heavy atom. The molecule has 13 heavy (non-hydrogen) atoms. The smallest absolute Gasteiger partial charge is 0.155 e. The Balaban J connectivity index is 2.31. The van der Waals surface area contributed by atoms with Crippen LogP contribution in [0, 0.1) is 0 Å². The second kappa shape index (κ2) is 5.78. The van der Waals surface area contributed by atoms with E-state index in [1.165, 1.54) is 10.9 Å². The third-order valence-corrected chi connectivity index (χ3v) is 2.70. The summed E-state index contributed by atoms with van der Waals surface area (Å²) >= 11 is 3.50. The van der Waals surface area contributed by atoms with E-state index in [0.29, 0.717) is 6.61 Å². The summed E-state index contributed by atoms with van der Waals surface area (Å²) < 4.78 is 12.2. The van der Waals surface area contributed by atoms with E-state index in [0.717, 1.165) is 12.8 Å². The summed E-state index contributed by atoms with van der Waals surface area (Å²) in [7, 11) is 0. The molecule has 0 N–H and O–H groups in total. The zero-order valence-corrected chi connectivity index (χ0v) is 9.84. The van der Waals surface area contributed by atoms with Crippen LogP contribution in [0.2, 0.25) is 0 Å². The van der Waals surface area contributed by atoms with Crippen LogP contribution in [-0.2, 0) is 9.47 Å². The Kier molecular flexibility index (Phi) is 4.99. The maximum absolute atomic E-state index is 5.67. The molecule has 0 fully saturated rings. The molecule has 0 radical (unpaired) electrons. The van der Waals surface area contributed by atoms with Crippen LogP contribution in [0.5, 0.6) is 0 Å². The molecule has 1 aliphatic rings. The molecule has 0 saturated carbocycles. The molecule has 2 unspecified atom stereocenters. The van der Waals surface area contributed by atoms with Gasteiger partial charge in [-0.05, 0) is 43.7 Å². The first-order valence-electron chi connectivity index (χ1n) is 4.85. The minimum atomic E-state index is -0.0929. The van der Waals surface area contributed by atoms with Crippen molar-refractivity contribution in [2.24, 2.45) is 0 Å². The summed E-state index contributed by atoms with van der Waals surface area (Å²) in [5, 5.41) is 0. The second-order valence-corrected chi connectivity index (χ2v) is 4.22. The molecule has 0 heterocycles. The van der Waals surface area contributed by atoms with E-state index < -0.39 is 0 Å². The van der Waals surface area contributed by atoms with E-state index in [4.69, 9.17) is 9.47 Å². The fourth-order valence-corrected chi connectivity index (χ4v) is 2.04. The Morgan fingerprint density at radius 2 is 2.46 bits per heavy atom. The molecule has 0 aliphatic heterocycles. The van der Waals surface area contributed by atoms with Crippen molar-refractivity contribution in [1.29, 1.82) is 0 Å². The molecular weight excluding hydrogens is 232 g/mol. The highest BCUT2D eigenvalue weighted by atomic mass is 79.9. The molecule has 1 rings (SSSR count). The van der Waals surface area contributed by atoms with Gasteiger partial charge in [0.25, 0.3) is 0 Å². The molecule has 3 heteroatoms. The lowest BCUT2D eigenvalue weighted by Gasteiger charge is -2.22. The first-order valence-corrected chi connectivity index (χ1v) is 5.65. The Hall–Kier alpha value is 0.140. The largest absolute Gasteiger partial charge is 0.353 e. The number of rotatable bonds is 4. The molecule has 1 aliphatic carbocycles. The van der Waals surface area contributed by atoms with Crippen LogP contribution in [0.25, 0.3) is 0 Å². The van der Waals surface area contributed by atoms with Crippen molar-refractivity contribution in [2.75, 3.05) is 6.61 Å². The van der Waals surface area contributed by atoms with E-state index in [-0.39, 0.29) is 12.4 Å². The molecule has 0 saturated heterocycles. The van der Waals surface area contributed by atoms with Crippen molar-refractivity contribution in [3.63, 3.8) is 0 Å². The molecule has 2 nitrogen and oxygen atoms in total. The average molecular weight is 249 g/mol. The van der Waals surface area contributed by atoms with Crippen molar-refractivity contribution in [3.05, 3.63) is 10.6 Å². The van der Waals surface area contributed by atoms with Gasteiger partial charge in [0.1, 0.15) is 0 Å². The maximum Gasteiger partial charge on any atom is 0.155 e. The van der Waals surface area contributed by atoms with Crippen LogP contribution < -0.4 is 0 Å². The van der Waals surface area contributed by atoms with Gasteiger partial charge < -0.3 is 9.47 Å². The Bertz CT molecular complexity index is 180. The lowest BCUT2D eigenvalue weighted by molar-refractivity contribution is -0.147. The van der Waals surface area contributed by atoms with Crippen LogP contribution in [0.1, 0.15) is 33.1 Å². The first-order chi connectivity index (χ1) is 6.22. The summed E-state index contributed by atoms with van der Waals surface area (Å²) in [5.74, 6) is 0. The van der Waals surface area contributed by atoms with Gasteiger partial charge in [-0.25, -0.2) is 0 Å². The monoisotopic (exact) mass is 248 g/mol. The number of allylic oxidation sites excluding steroid dienone is 1. The lowest BCUT2D eigenvalue weighted by Crippen LogP contribution is -2.22. The van der Waals surface area contributed by atoms with E-state index in [1.807, 2.05) is 13.8 Å². The Labute approximate surface area is 88.4 Å².